The van der Waals surface area contributed by atoms with Gasteiger partial charge in [0.05, 0.1) is 11.7 Å². The molecule has 29 heavy (non-hydrogen) atoms. The van der Waals surface area contributed by atoms with Crippen LogP contribution >= 0.6 is 0 Å². The van der Waals surface area contributed by atoms with Crippen molar-refractivity contribution in [2.24, 2.45) is 0 Å². The molecule has 3 heterocycles. The highest BCUT2D eigenvalue weighted by Gasteiger charge is 2.35. The molecule has 1 amide bonds. The summed E-state index contributed by atoms with van der Waals surface area (Å²) in [4.78, 5) is 19.4. The maximum atomic E-state index is 13.2. The van der Waals surface area contributed by atoms with E-state index in [4.69, 9.17) is 4.42 Å². The Balaban J connectivity index is 1.37. The Labute approximate surface area is 166 Å². The summed E-state index contributed by atoms with van der Waals surface area (Å²) in [6.07, 6.45) is 3.89. The number of likely N-dealkylation sites (tertiary alicyclic amines) is 1. The monoisotopic (exact) mass is 390 g/mol. The van der Waals surface area contributed by atoms with E-state index in [-0.39, 0.29) is 17.8 Å². The highest BCUT2D eigenvalue weighted by atomic mass is 19.1. The number of carbonyl (C=O) groups is 1. The van der Waals surface area contributed by atoms with Crippen molar-refractivity contribution in [2.75, 3.05) is 6.54 Å². The second kappa shape index (κ2) is 7.16. The Morgan fingerprint density at radius 2 is 2.03 bits per heavy atom. The molecule has 1 N–H and O–H groups in total. The van der Waals surface area contributed by atoms with Crippen LogP contribution in [0, 0.1) is 5.82 Å². The van der Waals surface area contributed by atoms with Gasteiger partial charge in [0, 0.05) is 18.4 Å². The number of aromatic amines is 1. The van der Waals surface area contributed by atoms with Crippen LogP contribution in [0.1, 0.15) is 46.6 Å². The minimum absolute atomic E-state index is 0.122. The first-order chi connectivity index (χ1) is 14.2. The maximum Gasteiger partial charge on any atom is 0.275 e. The van der Waals surface area contributed by atoms with E-state index in [1.54, 1.807) is 23.2 Å². The molecular formula is C22H19FN4O2. The molecule has 6 nitrogen and oxygen atoms in total. The number of fused-ring (bicyclic) bond motifs is 1. The summed E-state index contributed by atoms with van der Waals surface area (Å²) in [6, 6.07) is 13.7. The van der Waals surface area contributed by atoms with E-state index in [0.29, 0.717) is 30.3 Å². The number of para-hydroxylation sites is 1. The van der Waals surface area contributed by atoms with E-state index in [1.807, 2.05) is 24.3 Å². The van der Waals surface area contributed by atoms with E-state index in [9.17, 15) is 9.18 Å². The largest absolute Gasteiger partial charge is 0.443 e. The fraction of sp³-hybridized carbons (Fsp3) is 0.227. The van der Waals surface area contributed by atoms with Crippen LogP contribution in [-0.4, -0.2) is 32.5 Å². The molecule has 1 fully saturated rings. The molecule has 1 atom stereocenters. The van der Waals surface area contributed by atoms with Gasteiger partial charge in [-0.3, -0.25) is 9.89 Å². The van der Waals surface area contributed by atoms with Crippen molar-refractivity contribution in [3.63, 3.8) is 0 Å². The predicted molar refractivity (Wildman–Crippen MR) is 105 cm³/mol. The molecule has 0 aliphatic carbocycles. The van der Waals surface area contributed by atoms with Gasteiger partial charge in [-0.2, -0.15) is 5.10 Å². The summed E-state index contributed by atoms with van der Waals surface area (Å²) in [5.41, 5.74) is 2.20. The highest BCUT2D eigenvalue weighted by Crippen LogP contribution is 2.33. The average molecular weight is 390 g/mol. The van der Waals surface area contributed by atoms with Crippen molar-refractivity contribution < 1.29 is 13.6 Å². The predicted octanol–water partition coefficient (Wildman–Crippen LogP) is 4.26. The van der Waals surface area contributed by atoms with E-state index in [2.05, 4.69) is 15.2 Å². The summed E-state index contributed by atoms with van der Waals surface area (Å²) < 4.78 is 19.0. The second-order valence-electron chi connectivity index (χ2n) is 7.24. The third-order valence-electron chi connectivity index (χ3n) is 5.33. The van der Waals surface area contributed by atoms with Gasteiger partial charge in [0.1, 0.15) is 17.6 Å². The molecule has 4 aromatic rings. The minimum Gasteiger partial charge on any atom is -0.443 e. The molecule has 0 radical (unpaired) electrons. The molecule has 1 unspecified atom stereocenters. The van der Waals surface area contributed by atoms with Gasteiger partial charge in [-0.1, -0.05) is 30.3 Å². The van der Waals surface area contributed by atoms with Gasteiger partial charge in [-0.25, -0.2) is 9.37 Å². The first kappa shape index (κ1) is 17.6. The molecule has 0 bridgehead atoms. The fourth-order valence-electron chi connectivity index (χ4n) is 3.89. The van der Waals surface area contributed by atoms with Crippen LogP contribution in [0.4, 0.5) is 4.39 Å². The Hall–Kier alpha value is -3.48. The number of amides is 1. The molecule has 0 spiro atoms. The topological polar surface area (TPSA) is 75.0 Å². The molecule has 2 aromatic heterocycles. The van der Waals surface area contributed by atoms with Crippen molar-refractivity contribution in [3.8, 4) is 0 Å². The van der Waals surface area contributed by atoms with E-state index in [1.165, 1.54) is 12.1 Å². The molecular weight excluding hydrogens is 371 g/mol. The number of aromatic nitrogens is 3. The molecule has 2 aromatic carbocycles. The van der Waals surface area contributed by atoms with Crippen LogP contribution in [-0.2, 0) is 6.42 Å². The van der Waals surface area contributed by atoms with Crippen LogP contribution < -0.4 is 0 Å². The Morgan fingerprint density at radius 1 is 1.21 bits per heavy atom. The van der Waals surface area contributed by atoms with E-state index in [0.717, 1.165) is 29.3 Å². The molecule has 146 valence electrons. The number of nitrogens with one attached hydrogen (secondary N) is 1. The van der Waals surface area contributed by atoms with Crippen molar-refractivity contribution in [2.45, 2.75) is 25.3 Å². The lowest BCUT2D eigenvalue weighted by atomic mass is 10.1. The van der Waals surface area contributed by atoms with Gasteiger partial charge < -0.3 is 9.32 Å². The van der Waals surface area contributed by atoms with E-state index < -0.39 is 0 Å². The number of oxazole rings is 1. The third kappa shape index (κ3) is 3.29. The zero-order valence-corrected chi connectivity index (χ0v) is 15.6. The number of nitrogens with zero attached hydrogens (tertiary/aromatic N) is 3. The number of carbonyl (C=O) groups excluding carboxylic acids is 1. The number of halogens is 1. The smallest absolute Gasteiger partial charge is 0.275 e. The van der Waals surface area contributed by atoms with Crippen molar-refractivity contribution in [1.82, 2.24) is 20.1 Å². The van der Waals surface area contributed by atoms with Gasteiger partial charge in [0.25, 0.3) is 5.91 Å². The van der Waals surface area contributed by atoms with Crippen molar-refractivity contribution in [1.29, 1.82) is 0 Å². The zero-order chi connectivity index (χ0) is 19.8. The standard InChI is InChI=1S/C22H19FN4O2/c23-15-9-7-14(8-10-15)12-16-13-24-21(29-16)19-6-3-11-27(19)22(28)20-17-4-1-2-5-18(17)25-26-20/h1-2,4-5,7-10,13,19H,3,6,11-12H2,(H,25,26). The Morgan fingerprint density at radius 3 is 2.90 bits per heavy atom. The van der Waals surface area contributed by atoms with Gasteiger partial charge in [0.2, 0.25) is 5.89 Å². The van der Waals surface area contributed by atoms with Crippen molar-refractivity contribution in [3.05, 3.63) is 83.5 Å². The number of H-pyrrole nitrogens is 1. The lowest BCUT2D eigenvalue weighted by Gasteiger charge is -2.21. The first-order valence-corrected chi connectivity index (χ1v) is 9.62. The summed E-state index contributed by atoms with van der Waals surface area (Å²) in [5.74, 6) is 0.838. The quantitative estimate of drug-likeness (QED) is 0.565. The lowest BCUT2D eigenvalue weighted by molar-refractivity contribution is 0.0710. The summed E-state index contributed by atoms with van der Waals surface area (Å²) in [7, 11) is 0. The first-order valence-electron chi connectivity index (χ1n) is 9.62. The van der Waals surface area contributed by atoms with Crippen LogP contribution in [0.5, 0.6) is 0 Å². The zero-order valence-electron chi connectivity index (χ0n) is 15.6. The summed E-state index contributed by atoms with van der Waals surface area (Å²) in [5, 5.41) is 7.97. The van der Waals surface area contributed by atoms with Gasteiger partial charge in [-0.05, 0) is 36.6 Å². The highest BCUT2D eigenvalue weighted by molar-refractivity contribution is 6.04. The van der Waals surface area contributed by atoms with Gasteiger partial charge >= 0.3 is 0 Å². The number of hydrogen-bond acceptors (Lipinski definition) is 4. The SMILES string of the molecule is O=C(c1n[nH]c2ccccc12)N1CCCC1c1ncc(Cc2ccc(F)cc2)o1. The fourth-order valence-corrected chi connectivity index (χ4v) is 3.89. The van der Waals surface area contributed by atoms with Crippen LogP contribution in [0.3, 0.4) is 0 Å². The minimum atomic E-state index is -0.266. The average Bonchev–Trinajstić information content (AvgIpc) is 3.48. The Bertz CT molecular complexity index is 1170. The molecule has 1 aliphatic heterocycles. The maximum absolute atomic E-state index is 13.2. The Kier molecular flexibility index (Phi) is 4.35. The van der Waals surface area contributed by atoms with Crippen LogP contribution in [0.15, 0.2) is 59.1 Å². The van der Waals surface area contributed by atoms with Crippen molar-refractivity contribution >= 4 is 16.8 Å². The molecule has 0 saturated carbocycles. The lowest BCUT2D eigenvalue weighted by Crippen LogP contribution is -2.31. The van der Waals surface area contributed by atoms with Gasteiger partial charge in [0.15, 0.2) is 5.69 Å². The third-order valence-corrected chi connectivity index (χ3v) is 5.33. The summed E-state index contributed by atoms with van der Waals surface area (Å²) >= 11 is 0. The normalized spacial score (nSPS) is 16.6. The van der Waals surface area contributed by atoms with Crippen LogP contribution in [0.25, 0.3) is 10.9 Å². The second-order valence-corrected chi connectivity index (χ2v) is 7.24. The number of rotatable bonds is 4. The number of hydrogen-bond donors (Lipinski definition) is 1. The molecule has 7 heteroatoms. The molecule has 1 aliphatic rings. The molecule has 1 saturated heterocycles. The van der Waals surface area contributed by atoms with E-state index >= 15 is 0 Å². The van der Waals surface area contributed by atoms with Crippen LogP contribution in [0.2, 0.25) is 0 Å². The number of benzene rings is 2. The molecule has 5 rings (SSSR count). The summed E-state index contributed by atoms with van der Waals surface area (Å²) in [6.45, 7) is 0.639. The van der Waals surface area contributed by atoms with Gasteiger partial charge in [-0.15, -0.1) is 0 Å².